The van der Waals surface area contributed by atoms with Crippen LogP contribution in [0.25, 0.3) is 0 Å². The van der Waals surface area contributed by atoms with Crippen LogP contribution in [0.1, 0.15) is 40.0 Å². The number of hydrogen-bond donors (Lipinski definition) is 0. The fourth-order valence-corrected chi connectivity index (χ4v) is 2.51. The minimum atomic E-state index is 0.160. The molecule has 0 aromatic heterocycles. The molecule has 6 heteroatoms. The SMILES string of the molecule is C#C.CCC(CC)N1CCC(=O)N(CC)C/C=N\C(Cl)=N/C1. The number of halogens is 1. The Morgan fingerprint density at radius 3 is 2.50 bits per heavy atom. The van der Waals surface area contributed by atoms with E-state index in [1.165, 1.54) is 0 Å². The van der Waals surface area contributed by atoms with Crippen LogP contribution in [-0.2, 0) is 4.79 Å². The highest BCUT2D eigenvalue weighted by molar-refractivity contribution is 6.65. The van der Waals surface area contributed by atoms with E-state index in [9.17, 15) is 4.79 Å². The molecule has 1 aliphatic rings. The van der Waals surface area contributed by atoms with Crippen molar-refractivity contribution in [3.8, 4) is 12.8 Å². The van der Waals surface area contributed by atoms with Gasteiger partial charge < -0.3 is 4.90 Å². The third kappa shape index (κ3) is 7.06. The van der Waals surface area contributed by atoms with Gasteiger partial charge in [-0.2, -0.15) is 0 Å². The molecule has 0 radical (unpaired) electrons. The van der Waals surface area contributed by atoms with Gasteiger partial charge in [-0.25, -0.2) is 9.98 Å². The van der Waals surface area contributed by atoms with E-state index in [1.54, 1.807) is 11.1 Å². The van der Waals surface area contributed by atoms with Gasteiger partial charge in [0.05, 0.1) is 13.2 Å². The van der Waals surface area contributed by atoms with Gasteiger partial charge in [0.25, 0.3) is 0 Å². The van der Waals surface area contributed by atoms with Crippen LogP contribution >= 0.6 is 11.6 Å². The number of aliphatic imine (C=N–C) groups is 2. The van der Waals surface area contributed by atoms with E-state index in [1.807, 2.05) is 6.92 Å². The van der Waals surface area contributed by atoms with Crippen LogP contribution in [0.3, 0.4) is 0 Å². The van der Waals surface area contributed by atoms with E-state index in [4.69, 9.17) is 11.6 Å². The number of terminal acetylenes is 1. The van der Waals surface area contributed by atoms with E-state index in [0.717, 1.165) is 19.4 Å². The molecule has 22 heavy (non-hydrogen) atoms. The monoisotopic (exact) mass is 326 g/mol. The third-order valence-electron chi connectivity index (χ3n) is 3.69. The van der Waals surface area contributed by atoms with E-state index in [-0.39, 0.29) is 11.2 Å². The maximum absolute atomic E-state index is 12.2. The van der Waals surface area contributed by atoms with Gasteiger partial charge in [-0.1, -0.05) is 13.8 Å². The van der Waals surface area contributed by atoms with Gasteiger partial charge in [0.2, 0.25) is 11.2 Å². The lowest BCUT2D eigenvalue weighted by atomic mass is 10.1. The number of rotatable bonds is 4. The smallest absolute Gasteiger partial charge is 0.224 e. The summed E-state index contributed by atoms with van der Waals surface area (Å²) in [5, 5.41) is 0.256. The summed E-state index contributed by atoms with van der Waals surface area (Å²) in [7, 11) is 0. The van der Waals surface area contributed by atoms with Gasteiger partial charge in [-0.05, 0) is 31.4 Å². The van der Waals surface area contributed by atoms with Crippen molar-refractivity contribution in [3.05, 3.63) is 0 Å². The van der Waals surface area contributed by atoms with Gasteiger partial charge in [0.1, 0.15) is 0 Å². The third-order valence-corrected chi connectivity index (χ3v) is 3.91. The summed E-state index contributed by atoms with van der Waals surface area (Å²) < 4.78 is 0. The molecule has 1 aliphatic heterocycles. The van der Waals surface area contributed by atoms with Crippen molar-refractivity contribution >= 4 is 29.0 Å². The van der Waals surface area contributed by atoms with Crippen LogP contribution in [0, 0.1) is 12.8 Å². The Hall–Kier alpha value is -1.38. The normalized spacial score (nSPS) is 21.3. The number of amides is 1. The van der Waals surface area contributed by atoms with Gasteiger partial charge >= 0.3 is 0 Å². The molecule has 0 spiro atoms. The average Bonchev–Trinajstić information content (AvgIpc) is 2.58. The van der Waals surface area contributed by atoms with Gasteiger partial charge in [-0.3, -0.25) is 9.69 Å². The van der Waals surface area contributed by atoms with Crippen LogP contribution < -0.4 is 0 Å². The zero-order valence-electron chi connectivity index (χ0n) is 13.8. The Kier molecular flexibility index (Phi) is 11.4. The van der Waals surface area contributed by atoms with Gasteiger partial charge in [-0.15, -0.1) is 12.8 Å². The topological polar surface area (TPSA) is 48.3 Å². The van der Waals surface area contributed by atoms with Crippen LogP contribution in [0.2, 0.25) is 0 Å². The van der Waals surface area contributed by atoms with Crippen molar-refractivity contribution < 1.29 is 4.79 Å². The molecule has 0 unspecified atom stereocenters. The molecular weight excluding hydrogens is 300 g/mol. The first-order chi connectivity index (χ1) is 10.6. The molecule has 0 saturated carbocycles. The van der Waals surface area contributed by atoms with E-state index >= 15 is 0 Å². The van der Waals surface area contributed by atoms with Crippen LogP contribution in [0.5, 0.6) is 0 Å². The molecule has 0 saturated heterocycles. The fraction of sp³-hybridized carbons (Fsp3) is 0.688. The molecule has 1 heterocycles. The Morgan fingerprint density at radius 1 is 1.32 bits per heavy atom. The zero-order valence-corrected chi connectivity index (χ0v) is 14.6. The molecule has 1 amide bonds. The second-order valence-electron chi connectivity index (χ2n) is 4.85. The van der Waals surface area contributed by atoms with E-state index in [2.05, 4.69) is 41.6 Å². The highest BCUT2D eigenvalue weighted by Gasteiger charge is 2.18. The second-order valence-corrected chi connectivity index (χ2v) is 5.18. The van der Waals surface area contributed by atoms with Crippen molar-refractivity contribution in [1.29, 1.82) is 0 Å². The summed E-state index contributed by atoms with van der Waals surface area (Å²) in [4.78, 5) is 24.5. The zero-order chi connectivity index (χ0) is 17.0. The average molecular weight is 327 g/mol. The van der Waals surface area contributed by atoms with E-state index < -0.39 is 0 Å². The van der Waals surface area contributed by atoms with Crippen LogP contribution in [-0.4, -0.2) is 59.6 Å². The predicted molar refractivity (Wildman–Crippen MR) is 94.5 cm³/mol. The summed E-state index contributed by atoms with van der Waals surface area (Å²) in [5.74, 6) is 0.160. The summed E-state index contributed by atoms with van der Waals surface area (Å²) in [6.45, 7) is 8.68. The molecule has 0 atom stereocenters. The molecule has 0 N–H and O–H groups in total. The number of carbonyl (C=O) groups is 1. The van der Waals surface area contributed by atoms with E-state index in [0.29, 0.717) is 32.2 Å². The Balaban J connectivity index is 0.00000211. The highest BCUT2D eigenvalue weighted by atomic mass is 35.5. The summed E-state index contributed by atoms with van der Waals surface area (Å²) >= 11 is 5.98. The summed E-state index contributed by atoms with van der Waals surface area (Å²) in [6.07, 6.45) is 12.3. The molecule has 0 fully saturated rings. The molecule has 1 rings (SSSR count). The Labute approximate surface area is 139 Å². The highest BCUT2D eigenvalue weighted by Crippen LogP contribution is 2.11. The predicted octanol–water partition coefficient (Wildman–Crippen LogP) is 2.60. The summed E-state index contributed by atoms with van der Waals surface area (Å²) in [5.41, 5.74) is 0. The van der Waals surface area contributed by atoms with Crippen molar-refractivity contribution in [2.45, 2.75) is 46.1 Å². The minimum Gasteiger partial charge on any atom is -0.338 e. The molecule has 124 valence electrons. The van der Waals surface area contributed by atoms with Crippen molar-refractivity contribution in [3.63, 3.8) is 0 Å². The van der Waals surface area contributed by atoms with Crippen molar-refractivity contribution in [1.82, 2.24) is 9.80 Å². The lowest BCUT2D eigenvalue weighted by Gasteiger charge is -2.29. The number of carbonyl (C=O) groups excluding carboxylic acids is 1. The largest absolute Gasteiger partial charge is 0.338 e. The molecule has 0 bridgehead atoms. The Bertz CT molecular complexity index is 402. The lowest BCUT2D eigenvalue weighted by Crippen LogP contribution is -2.39. The van der Waals surface area contributed by atoms with Gasteiger partial charge in [0, 0.05) is 31.8 Å². The Morgan fingerprint density at radius 2 is 1.95 bits per heavy atom. The molecule has 5 nitrogen and oxygen atoms in total. The first-order valence-electron chi connectivity index (χ1n) is 7.69. The minimum absolute atomic E-state index is 0.160. The number of amidine groups is 1. The van der Waals surface area contributed by atoms with Crippen molar-refractivity contribution in [2.24, 2.45) is 9.98 Å². The molecule has 0 aromatic rings. The molecular formula is C16H27ClN4O. The maximum atomic E-state index is 12.2. The maximum Gasteiger partial charge on any atom is 0.224 e. The lowest BCUT2D eigenvalue weighted by molar-refractivity contribution is -0.130. The first-order valence-corrected chi connectivity index (χ1v) is 8.07. The fourth-order valence-electron chi connectivity index (χ4n) is 2.38. The van der Waals surface area contributed by atoms with Crippen molar-refractivity contribution in [2.75, 3.05) is 26.3 Å². The summed E-state index contributed by atoms with van der Waals surface area (Å²) in [6, 6.07) is 0.427. The quantitative estimate of drug-likeness (QED) is 0.589. The van der Waals surface area contributed by atoms with Crippen LogP contribution in [0.4, 0.5) is 0 Å². The first kappa shape index (κ1) is 20.6. The number of nitrogens with zero attached hydrogens (tertiary/aromatic N) is 4. The standard InChI is InChI=1S/C14H25ClN4O.C2H2/c1-4-12(5-2)19-9-7-13(20)18(6-3)10-8-16-14(15)17-11-19;1-2/h8,12H,4-7,9-11H2,1-3H3;1-2H/b16-8-,17-14-;. The second kappa shape index (κ2) is 12.2. The molecule has 0 aliphatic carbocycles. The number of hydrogen-bond acceptors (Lipinski definition) is 4. The molecule has 0 aromatic carbocycles. The van der Waals surface area contributed by atoms with Crippen LogP contribution in [0.15, 0.2) is 9.98 Å². The van der Waals surface area contributed by atoms with Gasteiger partial charge in [0.15, 0.2) is 0 Å².